The number of carbonyl (C=O) groups excluding carboxylic acids is 1. The van der Waals surface area contributed by atoms with E-state index < -0.39 is 0 Å². The van der Waals surface area contributed by atoms with Crippen LogP contribution >= 0.6 is 0 Å². The van der Waals surface area contributed by atoms with Gasteiger partial charge in [0.15, 0.2) is 0 Å². The van der Waals surface area contributed by atoms with Gasteiger partial charge in [-0.05, 0) is 55.0 Å². The van der Waals surface area contributed by atoms with E-state index in [4.69, 9.17) is 4.74 Å². The van der Waals surface area contributed by atoms with Gasteiger partial charge in [-0.3, -0.25) is 4.79 Å². The number of ether oxygens (including phenoxy) is 1. The average Bonchev–Trinajstić information content (AvgIpc) is 3.16. The van der Waals surface area contributed by atoms with E-state index in [9.17, 15) is 4.79 Å². The first kappa shape index (κ1) is 19.4. The predicted octanol–water partition coefficient (Wildman–Crippen LogP) is 4.78. The molecule has 1 aliphatic rings. The highest BCUT2D eigenvalue weighted by Gasteiger charge is 2.24. The minimum Gasteiger partial charge on any atom is -0.469 e. The van der Waals surface area contributed by atoms with Crippen molar-refractivity contribution < 1.29 is 9.53 Å². The number of methoxy groups -OCH3 is 1. The van der Waals surface area contributed by atoms with Crippen molar-refractivity contribution in [3.63, 3.8) is 0 Å². The van der Waals surface area contributed by atoms with Crippen LogP contribution in [0.2, 0.25) is 0 Å². The van der Waals surface area contributed by atoms with Crippen molar-refractivity contribution in [2.75, 3.05) is 26.7 Å². The summed E-state index contributed by atoms with van der Waals surface area (Å²) in [6.45, 7) is 3.20. The first-order valence-electron chi connectivity index (χ1n) is 9.86. The fourth-order valence-corrected chi connectivity index (χ4v) is 3.80. The smallest absolute Gasteiger partial charge is 0.305 e. The Morgan fingerprint density at radius 3 is 2.30 bits per heavy atom. The van der Waals surface area contributed by atoms with E-state index in [0.29, 0.717) is 12.3 Å². The molecule has 3 nitrogen and oxygen atoms in total. The molecule has 1 saturated heterocycles. The van der Waals surface area contributed by atoms with Crippen molar-refractivity contribution in [2.24, 2.45) is 5.92 Å². The Labute approximate surface area is 162 Å². The molecule has 0 radical (unpaired) electrons. The van der Waals surface area contributed by atoms with Gasteiger partial charge in [-0.25, -0.2) is 0 Å². The van der Waals surface area contributed by atoms with Gasteiger partial charge >= 0.3 is 5.97 Å². The molecule has 0 saturated carbocycles. The van der Waals surface area contributed by atoms with Crippen molar-refractivity contribution >= 4 is 11.5 Å². The quantitative estimate of drug-likeness (QED) is 0.499. The number of rotatable bonds is 8. The van der Waals surface area contributed by atoms with Gasteiger partial charge in [-0.2, -0.15) is 0 Å². The van der Waals surface area contributed by atoms with Gasteiger partial charge in [0, 0.05) is 13.0 Å². The number of likely N-dealkylation sites (tertiary alicyclic amines) is 1. The highest BCUT2D eigenvalue weighted by atomic mass is 16.5. The third-order valence-corrected chi connectivity index (χ3v) is 5.25. The van der Waals surface area contributed by atoms with Crippen molar-refractivity contribution in [1.29, 1.82) is 0 Å². The van der Waals surface area contributed by atoms with Crippen LogP contribution in [0.1, 0.15) is 36.8 Å². The molecule has 3 heteroatoms. The summed E-state index contributed by atoms with van der Waals surface area (Å²) < 4.78 is 4.79. The van der Waals surface area contributed by atoms with Crippen LogP contribution < -0.4 is 0 Å². The monoisotopic (exact) mass is 363 g/mol. The summed E-state index contributed by atoms with van der Waals surface area (Å²) >= 11 is 0. The lowest BCUT2D eigenvalue weighted by Crippen LogP contribution is -2.22. The number of hydrogen-bond donors (Lipinski definition) is 0. The maximum atomic E-state index is 11.4. The topological polar surface area (TPSA) is 29.5 Å². The molecule has 2 aromatic rings. The third kappa shape index (κ3) is 5.80. The van der Waals surface area contributed by atoms with E-state index in [2.05, 4.69) is 71.6 Å². The summed E-state index contributed by atoms with van der Waals surface area (Å²) in [6.07, 6.45) is 6.21. The number of benzene rings is 2. The van der Waals surface area contributed by atoms with Crippen LogP contribution in [0.4, 0.5) is 0 Å². The maximum absolute atomic E-state index is 11.4. The molecular formula is C24H29NO2. The Morgan fingerprint density at radius 1 is 1.07 bits per heavy atom. The van der Waals surface area contributed by atoms with E-state index in [1.807, 2.05) is 0 Å². The number of nitrogens with zero attached hydrogens (tertiary/aromatic N) is 1. The number of esters is 1. The van der Waals surface area contributed by atoms with Crippen molar-refractivity contribution in [3.05, 3.63) is 77.9 Å². The van der Waals surface area contributed by atoms with Gasteiger partial charge in [0.05, 0.1) is 7.11 Å². The molecule has 0 aliphatic carbocycles. The molecule has 0 N–H and O–H groups in total. The summed E-state index contributed by atoms with van der Waals surface area (Å²) in [5, 5.41) is 0. The molecule has 0 amide bonds. The molecule has 1 fully saturated rings. The minimum absolute atomic E-state index is 0.0832. The van der Waals surface area contributed by atoms with Gasteiger partial charge in [0.1, 0.15) is 0 Å². The van der Waals surface area contributed by atoms with Gasteiger partial charge in [0.2, 0.25) is 0 Å². The van der Waals surface area contributed by atoms with Crippen LogP contribution in [-0.4, -0.2) is 37.6 Å². The molecule has 1 aliphatic heterocycles. The van der Waals surface area contributed by atoms with E-state index in [-0.39, 0.29) is 5.97 Å². The Hall–Kier alpha value is -2.39. The highest BCUT2D eigenvalue weighted by molar-refractivity contribution is 5.79. The Balaban J connectivity index is 1.54. The maximum Gasteiger partial charge on any atom is 0.305 e. The average molecular weight is 364 g/mol. The molecule has 142 valence electrons. The minimum atomic E-state index is -0.0832. The molecule has 0 aromatic heterocycles. The first-order chi connectivity index (χ1) is 13.3. The van der Waals surface area contributed by atoms with Crippen molar-refractivity contribution in [1.82, 2.24) is 4.90 Å². The zero-order valence-corrected chi connectivity index (χ0v) is 16.1. The van der Waals surface area contributed by atoms with Crippen LogP contribution in [-0.2, 0) is 9.53 Å². The lowest BCUT2D eigenvalue weighted by atomic mass is 9.96. The Bertz CT molecular complexity index is 698. The number of hydrogen-bond acceptors (Lipinski definition) is 3. The summed E-state index contributed by atoms with van der Waals surface area (Å²) in [6, 6.07) is 21.2. The molecule has 0 bridgehead atoms. The molecular weight excluding hydrogens is 334 g/mol. The Kier molecular flexibility index (Phi) is 7.23. The molecule has 2 aromatic carbocycles. The fraction of sp³-hybridized carbons (Fsp3) is 0.375. The predicted molar refractivity (Wildman–Crippen MR) is 110 cm³/mol. The second-order valence-electron chi connectivity index (χ2n) is 7.23. The van der Waals surface area contributed by atoms with Gasteiger partial charge in [-0.1, -0.05) is 66.7 Å². The normalized spacial score (nSPS) is 16.9. The lowest BCUT2D eigenvalue weighted by molar-refractivity contribution is -0.141. The zero-order valence-electron chi connectivity index (χ0n) is 16.1. The van der Waals surface area contributed by atoms with E-state index in [0.717, 1.165) is 38.9 Å². The SMILES string of the molecule is COC(=O)CC1CCN(CCCC=C(c2ccccc2)c2ccccc2)C1. The van der Waals surface area contributed by atoms with Crippen molar-refractivity contribution in [2.45, 2.75) is 25.7 Å². The number of carbonyl (C=O) groups is 1. The van der Waals surface area contributed by atoms with Crippen LogP contribution in [0.5, 0.6) is 0 Å². The van der Waals surface area contributed by atoms with E-state index >= 15 is 0 Å². The molecule has 1 unspecified atom stereocenters. The van der Waals surface area contributed by atoms with Gasteiger partial charge in [0.25, 0.3) is 0 Å². The number of unbranched alkanes of at least 4 members (excludes halogenated alkanes) is 1. The van der Waals surface area contributed by atoms with Crippen LogP contribution in [0.15, 0.2) is 66.7 Å². The van der Waals surface area contributed by atoms with Crippen LogP contribution in [0, 0.1) is 5.92 Å². The van der Waals surface area contributed by atoms with Crippen LogP contribution in [0.3, 0.4) is 0 Å². The second kappa shape index (κ2) is 10.1. The lowest BCUT2D eigenvalue weighted by Gasteiger charge is -2.15. The van der Waals surface area contributed by atoms with E-state index in [1.54, 1.807) is 0 Å². The van der Waals surface area contributed by atoms with Crippen LogP contribution in [0.25, 0.3) is 5.57 Å². The summed E-state index contributed by atoms with van der Waals surface area (Å²) in [7, 11) is 1.47. The fourth-order valence-electron chi connectivity index (χ4n) is 3.80. The summed E-state index contributed by atoms with van der Waals surface area (Å²) in [5.74, 6) is 0.373. The zero-order chi connectivity index (χ0) is 18.9. The Morgan fingerprint density at radius 2 is 1.70 bits per heavy atom. The van der Waals surface area contributed by atoms with E-state index in [1.165, 1.54) is 23.8 Å². The first-order valence-corrected chi connectivity index (χ1v) is 9.86. The molecule has 0 spiro atoms. The molecule has 27 heavy (non-hydrogen) atoms. The molecule has 1 heterocycles. The van der Waals surface area contributed by atoms with Gasteiger partial charge < -0.3 is 9.64 Å². The molecule has 3 rings (SSSR count). The standard InChI is InChI=1S/C24H29NO2/c1-27-24(26)18-20-15-17-25(19-20)16-9-8-14-23(21-10-4-2-5-11-21)22-12-6-3-7-13-22/h2-7,10-14,20H,8-9,15-19H2,1H3. The summed E-state index contributed by atoms with van der Waals surface area (Å²) in [4.78, 5) is 13.9. The number of allylic oxidation sites excluding steroid dienone is 1. The van der Waals surface area contributed by atoms with Gasteiger partial charge in [-0.15, -0.1) is 0 Å². The second-order valence-corrected chi connectivity index (χ2v) is 7.23. The third-order valence-electron chi connectivity index (χ3n) is 5.25. The largest absolute Gasteiger partial charge is 0.469 e. The molecule has 1 atom stereocenters. The van der Waals surface area contributed by atoms with Crippen molar-refractivity contribution in [3.8, 4) is 0 Å². The summed E-state index contributed by atoms with van der Waals surface area (Å²) in [5.41, 5.74) is 3.84. The highest BCUT2D eigenvalue weighted by Crippen LogP contribution is 2.25.